The number of hydrogen-bond acceptors (Lipinski definition) is 7. The molecule has 10 heteroatoms. The van der Waals surface area contributed by atoms with Gasteiger partial charge in [-0.1, -0.05) is 30.3 Å². The molecule has 0 spiro atoms. The highest BCUT2D eigenvalue weighted by Crippen LogP contribution is 2.11. The fourth-order valence-corrected chi connectivity index (χ4v) is 3.21. The van der Waals surface area contributed by atoms with Crippen molar-refractivity contribution in [2.45, 2.75) is 31.7 Å². The van der Waals surface area contributed by atoms with Crippen LogP contribution in [0.2, 0.25) is 0 Å². The number of piperazine rings is 1. The highest BCUT2D eigenvalue weighted by Gasteiger charge is 2.34. The lowest BCUT2D eigenvalue weighted by atomic mass is 10.1. The Hall–Kier alpha value is -3.01. The van der Waals surface area contributed by atoms with Crippen molar-refractivity contribution in [1.29, 1.82) is 0 Å². The zero-order chi connectivity index (χ0) is 21.9. The maximum Gasteiger partial charge on any atom is 0.308 e. The van der Waals surface area contributed by atoms with Crippen LogP contribution >= 0.6 is 12.2 Å². The monoisotopic (exact) mass is 435 g/mol. The second-order valence-corrected chi connectivity index (χ2v) is 6.98. The quantitative estimate of drug-likeness (QED) is 0.443. The first-order valence-electron chi connectivity index (χ1n) is 9.55. The summed E-state index contributed by atoms with van der Waals surface area (Å²) in [5.74, 6) is -1.88. The third-order valence-corrected chi connectivity index (χ3v) is 4.82. The van der Waals surface area contributed by atoms with Gasteiger partial charge in [0.15, 0.2) is 5.11 Å². The molecule has 0 radical (unpaired) electrons. The minimum atomic E-state index is -0.878. The average molecular weight is 436 g/mol. The van der Waals surface area contributed by atoms with Crippen LogP contribution in [0.3, 0.4) is 0 Å². The standard InChI is InChI=1S/C20H25N3O6S/c1-28-17(25)8-7-16(24)22-20(30)23-11-10-21-19(27)15(23)13-18(26)29-12-9-14-5-3-2-4-6-14/h2-6,15H,7-13H2,1H3,(H,21,27)(H,22,24,30). The maximum atomic E-state index is 12.3. The first kappa shape index (κ1) is 23.3. The number of nitrogens with one attached hydrogen (secondary N) is 2. The number of rotatable bonds is 8. The molecule has 1 fully saturated rings. The summed E-state index contributed by atoms with van der Waals surface area (Å²) >= 11 is 5.24. The van der Waals surface area contributed by atoms with E-state index in [4.69, 9.17) is 17.0 Å². The number of carbonyl (C=O) groups excluding carboxylic acids is 4. The van der Waals surface area contributed by atoms with E-state index < -0.39 is 23.9 Å². The van der Waals surface area contributed by atoms with Crippen LogP contribution in [0.5, 0.6) is 0 Å². The number of methoxy groups -OCH3 is 1. The molecule has 1 heterocycles. The summed E-state index contributed by atoms with van der Waals surface area (Å²) in [6, 6.07) is 8.71. The van der Waals surface area contributed by atoms with Crippen molar-refractivity contribution < 1.29 is 28.7 Å². The van der Waals surface area contributed by atoms with Crippen molar-refractivity contribution in [1.82, 2.24) is 15.5 Å². The van der Waals surface area contributed by atoms with Gasteiger partial charge in [-0.2, -0.15) is 0 Å². The zero-order valence-electron chi connectivity index (χ0n) is 16.7. The smallest absolute Gasteiger partial charge is 0.308 e. The van der Waals surface area contributed by atoms with Gasteiger partial charge in [-0.05, 0) is 17.8 Å². The van der Waals surface area contributed by atoms with Crippen LogP contribution in [-0.2, 0) is 35.1 Å². The van der Waals surface area contributed by atoms with Gasteiger partial charge in [0, 0.05) is 25.9 Å². The molecule has 2 rings (SSSR count). The minimum Gasteiger partial charge on any atom is -0.469 e. The molecule has 2 amide bonds. The molecule has 1 aromatic rings. The highest BCUT2D eigenvalue weighted by molar-refractivity contribution is 7.80. The Morgan fingerprint density at radius 3 is 2.63 bits per heavy atom. The van der Waals surface area contributed by atoms with Gasteiger partial charge in [0.25, 0.3) is 0 Å². The van der Waals surface area contributed by atoms with Crippen molar-refractivity contribution in [3.63, 3.8) is 0 Å². The number of esters is 2. The molecule has 0 bridgehead atoms. The molecule has 9 nitrogen and oxygen atoms in total. The van der Waals surface area contributed by atoms with Gasteiger partial charge in [-0.3, -0.25) is 19.2 Å². The molecule has 0 saturated carbocycles. The van der Waals surface area contributed by atoms with Gasteiger partial charge in [-0.25, -0.2) is 0 Å². The zero-order valence-corrected chi connectivity index (χ0v) is 17.5. The van der Waals surface area contributed by atoms with Gasteiger partial charge in [0.1, 0.15) is 6.04 Å². The summed E-state index contributed by atoms with van der Waals surface area (Å²) < 4.78 is 9.75. The first-order valence-corrected chi connectivity index (χ1v) is 9.96. The van der Waals surface area contributed by atoms with E-state index in [9.17, 15) is 19.2 Å². The van der Waals surface area contributed by atoms with Crippen molar-refractivity contribution in [2.75, 3.05) is 26.8 Å². The number of hydrogen-bond donors (Lipinski definition) is 2. The predicted octanol–water partition coefficient (Wildman–Crippen LogP) is 0.317. The SMILES string of the molecule is COC(=O)CCC(=O)NC(=S)N1CCNC(=O)C1CC(=O)OCCc1ccccc1. The van der Waals surface area contributed by atoms with E-state index in [-0.39, 0.29) is 36.9 Å². The Labute approximate surface area is 180 Å². The molecule has 1 aliphatic rings. The van der Waals surface area contributed by atoms with Crippen LogP contribution in [0.15, 0.2) is 30.3 Å². The number of nitrogens with zero attached hydrogens (tertiary/aromatic N) is 1. The van der Waals surface area contributed by atoms with E-state index in [2.05, 4.69) is 15.4 Å². The third kappa shape index (κ3) is 7.43. The molecular weight excluding hydrogens is 410 g/mol. The van der Waals surface area contributed by atoms with Crippen molar-refractivity contribution in [2.24, 2.45) is 0 Å². The Morgan fingerprint density at radius 2 is 1.93 bits per heavy atom. The molecule has 30 heavy (non-hydrogen) atoms. The van der Waals surface area contributed by atoms with Crippen molar-refractivity contribution >= 4 is 41.1 Å². The van der Waals surface area contributed by atoms with Gasteiger partial charge < -0.3 is 25.0 Å². The Kier molecular flexibility index (Phi) is 9.20. The normalized spacial score (nSPS) is 15.7. The summed E-state index contributed by atoms with van der Waals surface area (Å²) in [5.41, 5.74) is 1.04. The Morgan fingerprint density at radius 1 is 1.20 bits per heavy atom. The molecule has 0 aromatic heterocycles. The lowest BCUT2D eigenvalue weighted by Crippen LogP contribution is -2.60. The molecular formula is C20H25N3O6S. The number of ether oxygens (including phenoxy) is 2. The molecule has 2 N–H and O–H groups in total. The van der Waals surface area contributed by atoms with Crippen molar-refractivity contribution in [3.05, 3.63) is 35.9 Å². The van der Waals surface area contributed by atoms with E-state index in [1.807, 2.05) is 30.3 Å². The Balaban J connectivity index is 1.86. The summed E-state index contributed by atoms with van der Waals surface area (Å²) in [4.78, 5) is 49.1. The van der Waals surface area contributed by atoms with Crippen LogP contribution in [0.1, 0.15) is 24.8 Å². The van der Waals surface area contributed by atoms with E-state index in [1.165, 1.54) is 12.0 Å². The van der Waals surface area contributed by atoms with Gasteiger partial charge >= 0.3 is 11.9 Å². The number of amides is 2. The molecule has 1 atom stereocenters. The molecule has 162 valence electrons. The third-order valence-electron chi connectivity index (χ3n) is 4.48. The van der Waals surface area contributed by atoms with Crippen molar-refractivity contribution in [3.8, 4) is 0 Å². The second kappa shape index (κ2) is 11.9. The first-order chi connectivity index (χ1) is 14.4. The summed E-state index contributed by atoms with van der Waals surface area (Å²) in [7, 11) is 1.24. The summed E-state index contributed by atoms with van der Waals surface area (Å²) in [6.07, 6.45) is 0.197. The number of benzene rings is 1. The van der Waals surface area contributed by atoms with E-state index in [0.29, 0.717) is 19.5 Å². The summed E-state index contributed by atoms with van der Waals surface area (Å²) in [6.45, 7) is 0.867. The largest absolute Gasteiger partial charge is 0.469 e. The Bertz CT molecular complexity index is 786. The topological polar surface area (TPSA) is 114 Å². The maximum absolute atomic E-state index is 12.3. The minimum absolute atomic E-state index is 0.0294. The molecule has 1 aromatic carbocycles. The highest BCUT2D eigenvalue weighted by atomic mass is 32.1. The number of thiocarbonyl (C=S) groups is 1. The van der Waals surface area contributed by atoms with Crippen LogP contribution < -0.4 is 10.6 Å². The molecule has 0 aliphatic carbocycles. The lowest BCUT2D eigenvalue weighted by Gasteiger charge is -2.36. The average Bonchev–Trinajstić information content (AvgIpc) is 2.74. The second-order valence-electron chi connectivity index (χ2n) is 6.59. The van der Waals surface area contributed by atoms with E-state index in [1.54, 1.807) is 0 Å². The molecule has 1 saturated heterocycles. The van der Waals surface area contributed by atoms with Gasteiger partial charge in [0.05, 0.1) is 26.6 Å². The number of carbonyl (C=O) groups is 4. The molecule has 1 aliphatic heterocycles. The fraction of sp³-hybridized carbons (Fsp3) is 0.450. The van der Waals surface area contributed by atoms with Gasteiger partial charge in [0.2, 0.25) is 11.8 Å². The molecule has 1 unspecified atom stereocenters. The van der Waals surface area contributed by atoms with Crippen LogP contribution in [0.25, 0.3) is 0 Å². The van der Waals surface area contributed by atoms with Gasteiger partial charge in [-0.15, -0.1) is 0 Å². The van der Waals surface area contributed by atoms with Crippen LogP contribution in [0.4, 0.5) is 0 Å². The van der Waals surface area contributed by atoms with Crippen LogP contribution in [-0.4, -0.2) is 66.6 Å². The van der Waals surface area contributed by atoms with E-state index >= 15 is 0 Å². The van der Waals surface area contributed by atoms with Crippen LogP contribution in [0, 0.1) is 0 Å². The fourth-order valence-electron chi connectivity index (χ4n) is 2.88. The lowest BCUT2D eigenvalue weighted by molar-refractivity contribution is -0.147. The van der Waals surface area contributed by atoms with E-state index in [0.717, 1.165) is 5.56 Å². The predicted molar refractivity (Wildman–Crippen MR) is 111 cm³/mol. The summed E-state index contributed by atoms with van der Waals surface area (Å²) in [5, 5.41) is 5.21.